The molecule has 0 aliphatic carbocycles. The molecule has 0 aliphatic rings. The van der Waals surface area contributed by atoms with Crippen LogP contribution in [0.1, 0.15) is 27.2 Å². The van der Waals surface area contributed by atoms with Crippen molar-refractivity contribution in [3.63, 3.8) is 0 Å². The molecular weight excluding hydrogens is 178 g/mol. The predicted octanol–water partition coefficient (Wildman–Crippen LogP) is 3.48. The molecule has 0 radical (unpaired) electrons. The first-order valence-electron chi connectivity index (χ1n) is 4.28. The minimum absolute atomic E-state index is 0.249. The van der Waals surface area contributed by atoms with Crippen LogP contribution in [0.4, 0.5) is 4.20 Å². The van der Waals surface area contributed by atoms with Crippen molar-refractivity contribution in [3.05, 3.63) is 0 Å². The monoisotopic (exact) mass is 196 g/mol. The number of hydrogen-bond acceptors (Lipinski definition) is 2. The van der Waals surface area contributed by atoms with E-state index in [-0.39, 0.29) is 12.5 Å². The zero-order chi connectivity index (χ0) is 9.78. The van der Waals surface area contributed by atoms with Gasteiger partial charge in [0, 0.05) is 6.66 Å². The van der Waals surface area contributed by atoms with Crippen molar-refractivity contribution in [3.8, 4) is 0 Å². The van der Waals surface area contributed by atoms with Crippen LogP contribution >= 0.6 is 7.68 Å². The van der Waals surface area contributed by atoms with Crippen LogP contribution in [0.2, 0.25) is 0 Å². The second-order valence-electron chi connectivity index (χ2n) is 3.41. The quantitative estimate of drug-likeness (QED) is 0.629. The van der Waals surface area contributed by atoms with E-state index in [0.717, 1.165) is 13.1 Å². The maximum atomic E-state index is 12.5. The first kappa shape index (κ1) is 12.1. The number of halogens is 1. The SMILES string of the molecule is CCC(C)C(C)COP(C)(=O)F. The highest BCUT2D eigenvalue weighted by atomic mass is 31.2. The molecule has 0 heterocycles. The summed E-state index contributed by atoms with van der Waals surface area (Å²) in [6, 6.07) is 0. The van der Waals surface area contributed by atoms with Crippen molar-refractivity contribution in [1.82, 2.24) is 0 Å². The maximum absolute atomic E-state index is 12.5. The summed E-state index contributed by atoms with van der Waals surface area (Å²) in [5, 5.41) is 0. The first-order chi connectivity index (χ1) is 5.37. The van der Waals surface area contributed by atoms with Gasteiger partial charge >= 0.3 is 7.68 Å². The molecule has 0 aliphatic heterocycles. The van der Waals surface area contributed by atoms with Gasteiger partial charge in [0.15, 0.2) is 0 Å². The van der Waals surface area contributed by atoms with Gasteiger partial charge in [0.25, 0.3) is 0 Å². The van der Waals surface area contributed by atoms with Crippen LogP contribution in [0.15, 0.2) is 0 Å². The summed E-state index contributed by atoms with van der Waals surface area (Å²) in [6.07, 6.45) is 1.03. The van der Waals surface area contributed by atoms with Gasteiger partial charge in [-0.2, -0.15) is 4.20 Å². The molecule has 0 amide bonds. The van der Waals surface area contributed by atoms with E-state index in [4.69, 9.17) is 0 Å². The fourth-order valence-electron chi connectivity index (χ4n) is 0.817. The smallest absolute Gasteiger partial charge is 0.305 e. The molecular formula is C8H18FO2P. The van der Waals surface area contributed by atoms with Crippen molar-refractivity contribution in [1.29, 1.82) is 0 Å². The topological polar surface area (TPSA) is 26.3 Å². The molecule has 0 aromatic carbocycles. The van der Waals surface area contributed by atoms with E-state index < -0.39 is 7.68 Å². The van der Waals surface area contributed by atoms with E-state index in [9.17, 15) is 8.76 Å². The van der Waals surface area contributed by atoms with Gasteiger partial charge in [0.2, 0.25) is 0 Å². The molecule has 0 N–H and O–H groups in total. The lowest BCUT2D eigenvalue weighted by Gasteiger charge is -2.18. The summed E-state index contributed by atoms with van der Waals surface area (Å²) < 4.78 is 27.6. The third-order valence-electron chi connectivity index (χ3n) is 2.18. The summed E-state index contributed by atoms with van der Waals surface area (Å²) in [6.45, 7) is 7.37. The summed E-state index contributed by atoms with van der Waals surface area (Å²) in [5.74, 6) is 0.746. The fraction of sp³-hybridized carbons (Fsp3) is 1.00. The minimum atomic E-state index is -3.77. The Balaban J connectivity index is 3.71. The average Bonchev–Trinajstić information content (AvgIpc) is 1.97. The van der Waals surface area contributed by atoms with Crippen molar-refractivity contribution in [2.45, 2.75) is 27.2 Å². The molecule has 0 saturated carbocycles. The molecule has 12 heavy (non-hydrogen) atoms. The zero-order valence-corrected chi connectivity index (χ0v) is 9.11. The van der Waals surface area contributed by atoms with Crippen molar-refractivity contribution in [2.75, 3.05) is 13.3 Å². The first-order valence-corrected chi connectivity index (χ1v) is 6.24. The molecule has 0 aromatic rings. The normalized spacial score (nSPS) is 21.4. The van der Waals surface area contributed by atoms with Gasteiger partial charge in [-0.25, -0.2) is 0 Å². The number of hydrogen-bond donors (Lipinski definition) is 0. The molecule has 0 spiro atoms. The summed E-state index contributed by atoms with van der Waals surface area (Å²) in [7, 11) is -3.77. The van der Waals surface area contributed by atoms with Crippen LogP contribution in [0.3, 0.4) is 0 Å². The summed E-state index contributed by atoms with van der Waals surface area (Å²) in [4.78, 5) is 0. The molecule has 3 unspecified atom stereocenters. The van der Waals surface area contributed by atoms with Gasteiger partial charge in [-0.3, -0.25) is 4.57 Å². The molecule has 0 fully saturated rings. The van der Waals surface area contributed by atoms with Gasteiger partial charge in [0.1, 0.15) is 0 Å². The van der Waals surface area contributed by atoms with E-state index in [2.05, 4.69) is 18.4 Å². The molecule has 0 rings (SSSR count). The zero-order valence-electron chi connectivity index (χ0n) is 8.21. The average molecular weight is 196 g/mol. The predicted molar refractivity (Wildman–Crippen MR) is 49.2 cm³/mol. The van der Waals surface area contributed by atoms with Crippen LogP contribution < -0.4 is 0 Å². The Labute approximate surface area is 74.1 Å². The summed E-state index contributed by atoms with van der Waals surface area (Å²) in [5.41, 5.74) is 0. The Morgan fingerprint density at radius 1 is 1.42 bits per heavy atom. The van der Waals surface area contributed by atoms with Gasteiger partial charge < -0.3 is 4.52 Å². The van der Waals surface area contributed by atoms with E-state index in [0.29, 0.717) is 5.92 Å². The van der Waals surface area contributed by atoms with Crippen LogP contribution in [0, 0.1) is 11.8 Å². The third-order valence-corrected chi connectivity index (χ3v) is 2.79. The van der Waals surface area contributed by atoms with Crippen LogP contribution in [-0.4, -0.2) is 13.3 Å². The molecule has 0 saturated heterocycles. The molecule has 4 heteroatoms. The Morgan fingerprint density at radius 2 is 1.92 bits per heavy atom. The highest BCUT2D eigenvalue weighted by Crippen LogP contribution is 2.44. The second kappa shape index (κ2) is 4.98. The highest BCUT2D eigenvalue weighted by Gasteiger charge is 2.17. The van der Waals surface area contributed by atoms with Crippen molar-refractivity contribution >= 4 is 7.68 Å². The Hall–Kier alpha value is 0.120. The lowest BCUT2D eigenvalue weighted by atomic mass is 9.95. The Kier molecular flexibility index (Phi) is 5.03. The van der Waals surface area contributed by atoms with Crippen LogP contribution in [0.5, 0.6) is 0 Å². The van der Waals surface area contributed by atoms with Gasteiger partial charge in [-0.15, -0.1) is 0 Å². The second-order valence-corrected chi connectivity index (χ2v) is 5.16. The van der Waals surface area contributed by atoms with Crippen LogP contribution in [-0.2, 0) is 9.09 Å². The molecule has 0 aromatic heterocycles. The van der Waals surface area contributed by atoms with E-state index >= 15 is 0 Å². The standard InChI is InChI=1S/C8H18FO2P/c1-5-7(2)8(3)6-11-12(4,9)10/h7-8H,5-6H2,1-4H3. The van der Waals surface area contributed by atoms with E-state index in [1.807, 2.05) is 6.92 Å². The fourth-order valence-corrected chi connectivity index (χ4v) is 1.32. The number of rotatable bonds is 5. The van der Waals surface area contributed by atoms with Gasteiger partial charge in [-0.1, -0.05) is 27.2 Å². The van der Waals surface area contributed by atoms with Crippen molar-refractivity contribution in [2.24, 2.45) is 11.8 Å². The van der Waals surface area contributed by atoms with Gasteiger partial charge in [0.05, 0.1) is 6.61 Å². The molecule has 0 bridgehead atoms. The van der Waals surface area contributed by atoms with E-state index in [1.165, 1.54) is 0 Å². The van der Waals surface area contributed by atoms with Crippen molar-refractivity contribution < 1.29 is 13.3 Å². The largest absolute Gasteiger partial charge is 0.364 e. The Bertz CT molecular complexity index is 166. The van der Waals surface area contributed by atoms with E-state index in [1.54, 1.807) is 0 Å². The minimum Gasteiger partial charge on any atom is -0.305 e. The maximum Gasteiger partial charge on any atom is 0.364 e. The van der Waals surface area contributed by atoms with Gasteiger partial charge in [-0.05, 0) is 11.8 Å². The Morgan fingerprint density at radius 3 is 2.25 bits per heavy atom. The lowest BCUT2D eigenvalue weighted by molar-refractivity contribution is 0.204. The molecule has 74 valence electrons. The molecule has 2 nitrogen and oxygen atoms in total. The lowest BCUT2D eigenvalue weighted by Crippen LogP contribution is -2.12. The summed E-state index contributed by atoms with van der Waals surface area (Å²) >= 11 is 0. The highest BCUT2D eigenvalue weighted by molar-refractivity contribution is 7.52. The van der Waals surface area contributed by atoms with Crippen LogP contribution in [0.25, 0.3) is 0 Å². The molecule has 3 atom stereocenters. The third kappa shape index (κ3) is 5.73.